The first-order valence-electron chi connectivity index (χ1n) is 7.59. The third kappa shape index (κ3) is 4.42. The molecule has 0 aliphatic carbocycles. The number of nitrogens with two attached hydrogens (primary N) is 1. The van der Waals surface area contributed by atoms with E-state index in [0.717, 1.165) is 5.56 Å². The van der Waals surface area contributed by atoms with Crippen molar-refractivity contribution in [2.24, 2.45) is 5.73 Å². The van der Waals surface area contributed by atoms with E-state index in [4.69, 9.17) is 5.73 Å². The maximum Gasteiger partial charge on any atom is 0.244 e. The number of hydrogen-bond acceptors (Lipinski definition) is 2. The lowest BCUT2D eigenvalue weighted by Crippen LogP contribution is -2.39. The van der Waals surface area contributed by atoms with Gasteiger partial charge in [0.15, 0.2) is 0 Å². The minimum absolute atomic E-state index is 0.202. The highest BCUT2D eigenvalue weighted by Gasteiger charge is 2.27. The zero-order chi connectivity index (χ0) is 16.9. The first kappa shape index (κ1) is 16.7. The first-order valence-corrected chi connectivity index (χ1v) is 7.59. The second-order valence-electron chi connectivity index (χ2n) is 6.24. The van der Waals surface area contributed by atoms with Gasteiger partial charge in [0.05, 0.1) is 0 Å². The summed E-state index contributed by atoms with van der Waals surface area (Å²) >= 11 is 0. The van der Waals surface area contributed by atoms with E-state index >= 15 is 0 Å². The number of primary amides is 1. The van der Waals surface area contributed by atoms with Gasteiger partial charge in [-0.1, -0.05) is 74.5 Å². The highest BCUT2D eigenvalue weighted by atomic mass is 16.2. The molecule has 4 heteroatoms. The smallest absolute Gasteiger partial charge is 0.244 e. The second kappa shape index (κ2) is 7.09. The molecule has 3 N–H and O–H groups in total. The molecule has 2 amide bonds. The van der Waals surface area contributed by atoms with E-state index in [1.54, 1.807) is 12.1 Å². The lowest BCUT2D eigenvalue weighted by Gasteiger charge is -2.26. The largest absolute Gasteiger partial charge is 0.368 e. The molecule has 2 aromatic carbocycles. The summed E-state index contributed by atoms with van der Waals surface area (Å²) in [7, 11) is 0. The van der Waals surface area contributed by atoms with Crippen LogP contribution in [0.5, 0.6) is 0 Å². The van der Waals surface area contributed by atoms with Crippen LogP contribution in [0.1, 0.15) is 37.4 Å². The Kier molecular flexibility index (Phi) is 5.16. The highest BCUT2D eigenvalue weighted by Crippen LogP contribution is 2.27. The summed E-state index contributed by atoms with van der Waals surface area (Å²) in [4.78, 5) is 24.1. The van der Waals surface area contributed by atoms with Gasteiger partial charge in [-0.3, -0.25) is 9.59 Å². The predicted octanol–water partition coefficient (Wildman–Crippen LogP) is 2.70. The normalized spacial score (nSPS) is 12.4. The van der Waals surface area contributed by atoms with E-state index in [0.29, 0.717) is 5.56 Å². The summed E-state index contributed by atoms with van der Waals surface area (Å²) in [6.45, 7) is 4.01. The van der Waals surface area contributed by atoms with Crippen LogP contribution in [0, 0.1) is 0 Å². The van der Waals surface area contributed by atoms with Crippen LogP contribution in [0.15, 0.2) is 60.7 Å². The molecule has 0 aliphatic heterocycles. The van der Waals surface area contributed by atoms with E-state index in [2.05, 4.69) is 5.32 Å². The van der Waals surface area contributed by atoms with Gasteiger partial charge in [0.1, 0.15) is 6.04 Å². The maximum absolute atomic E-state index is 12.4. The predicted molar refractivity (Wildman–Crippen MR) is 90.6 cm³/mol. The van der Waals surface area contributed by atoms with E-state index in [1.165, 1.54) is 0 Å². The van der Waals surface area contributed by atoms with E-state index in [-0.39, 0.29) is 17.7 Å². The van der Waals surface area contributed by atoms with Crippen LogP contribution in [-0.2, 0) is 15.0 Å². The quantitative estimate of drug-likeness (QED) is 0.861. The lowest BCUT2D eigenvalue weighted by atomic mass is 9.81. The number of benzene rings is 2. The molecule has 0 saturated carbocycles. The Morgan fingerprint density at radius 1 is 1.00 bits per heavy atom. The molecule has 0 spiro atoms. The molecule has 0 heterocycles. The number of rotatable bonds is 6. The van der Waals surface area contributed by atoms with Gasteiger partial charge in [0.25, 0.3) is 0 Å². The van der Waals surface area contributed by atoms with Crippen LogP contribution in [0.2, 0.25) is 0 Å². The fourth-order valence-electron chi connectivity index (χ4n) is 2.57. The minimum atomic E-state index is -0.810. The third-order valence-corrected chi connectivity index (χ3v) is 3.88. The van der Waals surface area contributed by atoms with Crippen molar-refractivity contribution in [2.75, 3.05) is 0 Å². The lowest BCUT2D eigenvalue weighted by molar-refractivity contribution is -0.128. The molecule has 120 valence electrons. The SMILES string of the molecule is CC(C)(CC(=O)NC(C(N)=O)c1ccccc1)c1ccccc1. The van der Waals surface area contributed by atoms with E-state index < -0.39 is 11.9 Å². The molecular formula is C19H22N2O2. The average molecular weight is 310 g/mol. The molecule has 2 aromatic rings. The molecule has 0 radical (unpaired) electrons. The number of hydrogen-bond donors (Lipinski definition) is 2. The van der Waals surface area contributed by atoms with E-state index in [9.17, 15) is 9.59 Å². The van der Waals surface area contributed by atoms with Gasteiger partial charge in [-0.05, 0) is 16.5 Å². The summed E-state index contributed by atoms with van der Waals surface area (Å²) in [5.41, 5.74) is 6.87. The number of nitrogens with one attached hydrogen (secondary N) is 1. The van der Waals surface area contributed by atoms with Crippen LogP contribution < -0.4 is 11.1 Å². The van der Waals surface area contributed by atoms with Crippen molar-refractivity contribution >= 4 is 11.8 Å². The van der Waals surface area contributed by atoms with Crippen molar-refractivity contribution in [1.82, 2.24) is 5.32 Å². The molecule has 0 bridgehead atoms. The summed E-state index contributed by atoms with van der Waals surface area (Å²) < 4.78 is 0. The third-order valence-electron chi connectivity index (χ3n) is 3.88. The Hall–Kier alpha value is -2.62. The van der Waals surface area contributed by atoms with Crippen molar-refractivity contribution in [1.29, 1.82) is 0 Å². The zero-order valence-corrected chi connectivity index (χ0v) is 13.5. The van der Waals surface area contributed by atoms with Crippen molar-refractivity contribution in [3.05, 3.63) is 71.8 Å². The van der Waals surface area contributed by atoms with Gasteiger partial charge >= 0.3 is 0 Å². The topological polar surface area (TPSA) is 72.2 Å². The molecule has 0 aromatic heterocycles. The van der Waals surface area contributed by atoms with Gasteiger partial charge in [-0.25, -0.2) is 0 Å². The van der Waals surface area contributed by atoms with Crippen molar-refractivity contribution in [3.8, 4) is 0 Å². The summed E-state index contributed by atoms with van der Waals surface area (Å²) in [6, 6.07) is 18.0. The van der Waals surface area contributed by atoms with E-state index in [1.807, 2.05) is 62.4 Å². The van der Waals surface area contributed by atoms with Crippen LogP contribution in [0.4, 0.5) is 0 Å². The molecule has 2 rings (SSSR count). The highest BCUT2D eigenvalue weighted by molar-refractivity contribution is 5.88. The second-order valence-corrected chi connectivity index (χ2v) is 6.24. The van der Waals surface area contributed by atoms with Crippen LogP contribution in [0.25, 0.3) is 0 Å². The van der Waals surface area contributed by atoms with Crippen LogP contribution in [0.3, 0.4) is 0 Å². The number of amides is 2. The van der Waals surface area contributed by atoms with Crippen LogP contribution >= 0.6 is 0 Å². The molecule has 0 saturated heterocycles. The fraction of sp³-hybridized carbons (Fsp3) is 0.263. The molecule has 1 atom stereocenters. The van der Waals surface area contributed by atoms with Crippen molar-refractivity contribution < 1.29 is 9.59 Å². The molecular weight excluding hydrogens is 288 g/mol. The summed E-state index contributed by atoms with van der Waals surface area (Å²) in [5.74, 6) is -0.770. The molecule has 23 heavy (non-hydrogen) atoms. The minimum Gasteiger partial charge on any atom is -0.368 e. The Morgan fingerprint density at radius 3 is 2.04 bits per heavy atom. The first-order chi connectivity index (χ1) is 10.9. The van der Waals surface area contributed by atoms with Crippen molar-refractivity contribution in [2.45, 2.75) is 31.7 Å². The number of carbonyl (C=O) groups is 2. The Morgan fingerprint density at radius 2 is 1.52 bits per heavy atom. The average Bonchev–Trinajstić information content (AvgIpc) is 2.53. The Bertz CT molecular complexity index is 666. The van der Waals surface area contributed by atoms with Crippen molar-refractivity contribution in [3.63, 3.8) is 0 Å². The van der Waals surface area contributed by atoms with Crippen LogP contribution in [-0.4, -0.2) is 11.8 Å². The molecule has 4 nitrogen and oxygen atoms in total. The number of carbonyl (C=O) groups excluding carboxylic acids is 2. The Labute approximate surface area is 136 Å². The molecule has 0 fully saturated rings. The summed E-state index contributed by atoms with van der Waals surface area (Å²) in [6.07, 6.45) is 0.271. The molecule has 0 aliphatic rings. The van der Waals surface area contributed by atoms with Gasteiger partial charge < -0.3 is 11.1 Å². The monoisotopic (exact) mass is 310 g/mol. The fourth-order valence-corrected chi connectivity index (χ4v) is 2.57. The molecule has 1 unspecified atom stereocenters. The van der Waals surface area contributed by atoms with Gasteiger partial charge in [-0.2, -0.15) is 0 Å². The van der Waals surface area contributed by atoms with Gasteiger partial charge in [-0.15, -0.1) is 0 Å². The summed E-state index contributed by atoms with van der Waals surface area (Å²) in [5, 5.41) is 2.75. The van der Waals surface area contributed by atoms with Gasteiger partial charge in [0.2, 0.25) is 11.8 Å². The standard InChI is InChI=1S/C19H22N2O2/c1-19(2,15-11-7-4-8-12-15)13-16(22)21-17(18(20)23)14-9-5-3-6-10-14/h3-12,17H,13H2,1-2H3,(H2,20,23)(H,21,22). The van der Waals surface area contributed by atoms with Gasteiger partial charge in [0, 0.05) is 6.42 Å². The maximum atomic E-state index is 12.4. The Balaban J connectivity index is 2.10. The zero-order valence-electron chi connectivity index (χ0n) is 13.5.